The molecule has 0 saturated heterocycles. The first kappa shape index (κ1) is 17.2. The van der Waals surface area contributed by atoms with Gasteiger partial charge in [-0.2, -0.15) is 4.98 Å². The molecule has 0 atom stereocenters. The van der Waals surface area contributed by atoms with Gasteiger partial charge in [-0.3, -0.25) is 4.79 Å². The van der Waals surface area contributed by atoms with Gasteiger partial charge in [0.1, 0.15) is 0 Å². The van der Waals surface area contributed by atoms with E-state index in [0.717, 1.165) is 16.7 Å². The van der Waals surface area contributed by atoms with Gasteiger partial charge in [0.15, 0.2) is 0 Å². The van der Waals surface area contributed by atoms with Crippen molar-refractivity contribution in [3.8, 4) is 22.8 Å². The van der Waals surface area contributed by atoms with Gasteiger partial charge in [-0.15, -0.1) is 0 Å². The fourth-order valence-corrected chi connectivity index (χ4v) is 2.97. The molecule has 0 aliphatic carbocycles. The summed E-state index contributed by atoms with van der Waals surface area (Å²) in [6, 6.07) is 18.5. The Morgan fingerprint density at radius 2 is 1.81 bits per heavy atom. The zero-order valence-electron chi connectivity index (χ0n) is 14.6. The number of aromatic nitrogens is 3. The number of nitrogens with zero attached hydrogens (tertiary/aromatic N) is 3. The maximum Gasteiger partial charge on any atom is 0.259 e. The van der Waals surface area contributed by atoms with Crippen LogP contribution in [0.1, 0.15) is 11.1 Å². The highest BCUT2D eigenvalue weighted by atomic mass is 35.5. The smallest absolute Gasteiger partial charge is 0.259 e. The quantitative estimate of drug-likeness (QED) is 0.522. The lowest BCUT2D eigenvalue weighted by Crippen LogP contribution is -2.19. The highest BCUT2D eigenvalue weighted by molar-refractivity contribution is 6.30. The molecule has 0 aliphatic rings. The van der Waals surface area contributed by atoms with E-state index in [-0.39, 0.29) is 5.56 Å². The molecule has 4 aromatic rings. The largest absolute Gasteiger partial charge is 0.334 e. The summed E-state index contributed by atoms with van der Waals surface area (Å²) in [4.78, 5) is 16.7. The monoisotopic (exact) mass is 377 g/mol. The maximum absolute atomic E-state index is 12.2. The molecule has 0 aliphatic heterocycles. The van der Waals surface area contributed by atoms with E-state index in [2.05, 4.69) is 16.2 Å². The summed E-state index contributed by atoms with van der Waals surface area (Å²) < 4.78 is 7.03. The lowest BCUT2D eigenvalue weighted by Gasteiger charge is -2.07. The molecule has 2 aromatic heterocycles. The number of halogens is 1. The minimum absolute atomic E-state index is 0.0855. The van der Waals surface area contributed by atoms with E-state index in [4.69, 9.17) is 16.1 Å². The molecule has 6 heteroatoms. The molecule has 0 radical (unpaired) electrons. The maximum atomic E-state index is 12.2. The number of rotatable bonds is 4. The van der Waals surface area contributed by atoms with Crippen molar-refractivity contribution in [2.75, 3.05) is 0 Å². The normalized spacial score (nSPS) is 10.9. The van der Waals surface area contributed by atoms with E-state index in [1.807, 2.05) is 37.3 Å². The van der Waals surface area contributed by atoms with Gasteiger partial charge in [0.25, 0.3) is 11.4 Å². The van der Waals surface area contributed by atoms with Crippen LogP contribution < -0.4 is 5.56 Å². The molecule has 134 valence electrons. The van der Waals surface area contributed by atoms with Gasteiger partial charge in [0.05, 0.1) is 12.1 Å². The molecule has 0 unspecified atom stereocenters. The number of benzene rings is 2. The zero-order chi connectivity index (χ0) is 18.8. The van der Waals surface area contributed by atoms with E-state index in [1.54, 1.807) is 29.0 Å². The summed E-state index contributed by atoms with van der Waals surface area (Å²) in [5.41, 5.74) is 3.62. The van der Waals surface area contributed by atoms with Gasteiger partial charge < -0.3 is 9.09 Å². The average Bonchev–Trinajstić information content (AvgIpc) is 3.14. The topological polar surface area (TPSA) is 60.9 Å². The highest BCUT2D eigenvalue weighted by Gasteiger charge is 2.12. The fourth-order valence-electron chi connectivity index (χ4n) is 2.85. The second-order valence-electron chi connectivity index (χ2n) is 6.30. The van der Waals surface area contributed by atoms with Crippen molar-refractivity contribution in [2.24, 2.45) is 0 Å². The molecular weight excluding hydrogens is 362 g/mol. The van der Waals surface area contributed by atoms with E-state index < -0.39 is 0 Å². The van der Waals surface area contributed by atoms with Gasteiger partial charge >= 0.3 is 0 Å². The summed E-state index contributed by atoms with van der Waals surface area (Å²) in [6.45, 7) is 2.51. The van der Waals surface area contributed by atoms with Crippen LogP contribution in [0.25, 0.3) is 22.8 Å². The number of pyridine rings is 1. The third-order valence-electron chi connectivity index (χ3n) is 4.19. The summed E-state index contributed by atoms with van der Waals surface area (Å²) >= 11 is 5.91. The van der Waals surface area contributed by atoms with Gasteiger partial charge in [0.2, 0.25) is 5.82 Å². The Labute approximate surface area is 160 Å². The molecule has 0 bridgehead atoms. The van der Waals surface area contributed by atoms with Crippen molar-refractivity contribution in [3.05, 3.63) is 93.4 Å². The Morgan fingerprint density at radius 1 is 1.04 bits per heavy atom. The first-order chi connectivity index (χ1) is 13.1. The van der Waals surface area contributed by atoms with Crippen molar-refractivity contribution in [3.63, 3.8) is 0 Å². The van der Waals surface area contributed by atoms with Crippen LogP contribution in [0.5, 0.6) is 0 Å². The van der Waals surface area contributed by atoms with Crippen molar-refractivity contribution < 1.29 is 4.52 Å². The molecule has 0 spiro atoms. The lowest BCUT2D eigenvalue weighted by atomic mass is 10.1. The lowest BCUT2D eigenvalue weighted by molar-refractivity contribution is 0.432. The third kappa shape index (κ3) is 3.83. The molecule has 0 saturated carbocycles. The van der Waals surface area contributed by atoms with Crippen LogP contribution in [-0.4, -0.2) is 14.7 Å². The Morgan fingerprint density at radius 3 is 2.59 bits per heavy atom. The summed E-state index contributed by atoms with van der Waals surface area (Å²) in [5.74, 6) is 0.830. The van der Waals surface area contributed by atoms with Crippen LogP contribution in [-0.2, 0) is 6.54 Å². The predicted molar refractivity (Wildman–Crippen MR) is 105 cm³/mol. The summed E-state index contributed by atoms with van der Waals surface area (Å²) in [5, 5.41) is 4.67. The molecule has 5 nitrogen and oxygen atoms in total. The van der Waals surface area contributed by atoms with Crippen LogP contribution in [0.3, 0.4) is 0 Å². The number of hydrogen-bond acceptors (Lipinski definition) is 4. The molecule has 2 heterocycles. The van der Waals surface area contributed by atoms with E-state index >= 15 is 0 Å². The van der Waals surface area contributed by atoms with E-state index in [9.17, 15) is 4.79 Å². The second kappa shape index (κ2) is 7.21. The van der Waals surface area contributed by atoms with Crippen molar-refractivity contribution >= 4 is 11.6 Å². The highest BCUT2D eigenvalue weighted by Crippen LogP contribution is 2.23. The van der Waals surface area contributed by atoms with Crippen molar-refractivity contribution in [2.45, 2.75) is 13.5 Å². The Balaban J connectivity index is 1.65. The predicted octanol–water partition coefficient (Wildman–Crippen LogP) is 4.58. The molecule has 2 aromatic carbocycles. The SMILES string of the molecule is Cc1cccc(Cn2cc(-c3nc(-c4ccc(Cl)cc4)no3)ccc2=O)c1. The minimum atomic E-state index is -0.0855. The second-order valence-corrected chi connectivity index (χ2v) is 6.74. The van der Waals surface area contributed by atoms with E-state index in [1.165, 1.54) is 6.07 Å². The molecule has 0 fully saturated rings. The van der Waals surface area contributed by atoms with E-state index in [0.29, 0.717) is 28.8 Å². The Bertz CT molecular complexity index is 1150. The Kier molecular flexibility index (Phi) is 4.60. The van der Waals surface area contributed by atoms with Gasteiger partial charge in [-0.1, -0.05) is 46.6 Å². The zero-order valence-corrected chi connectivity index (χ0v) is 15.3. The first-order valence-corrected chi connectivity index (χ1v) is 8.82. The van der Waals surface area contributed by atoms with Gasteiger partial charge in [-0.05, 0) is 42.8 Å². The molecular formula is C21H16ClN3O2. The average molecular weight is 378 g/mol. The molecule has 27 heavy (non-hydrogen) atoms. The van der Waals surface area contributed by atoms with Crippen molar-refractivity contribution in [1.29, 1.82) is 0 Å². The number of hydrogen-bond donors (Lipinski definition) is 0. The summed E-state index contributed by atoms with van der Waals surface area (Å²) in [7, 11) is 0. The van der Waals surface area contributed by atoms with Gasteiger partial charge in [-0.25, -0.2) is 0 Å². The first-order valence-electron chi connectivity index (χ1n) is 8.44. The van der Waals surface area contributed by atoms with Crippen LogP contribution in [0.4, 0.5) is 0 Å². The minimum Gasteiger partial charge on any atom is -0.334 e. The van der Waals surface area contributed by atoms with Crippen LogP contribution >= 0.6 is 11.6 Å². The molecule has 0 amide bonds. The van der Waals surface area contributed by atoms with Crippen LogP contribution in [0.15, 0.2) is 76.2 Å². The Hall–Kier alpha value is -3.18. The summed E-state index contributed by atoms with van der Waals surface area (Å²) in [6.07, 6.45) is 1.74. The number of aryl methyl sites for hydroxylation is 1. The van der Waals surface area contributed by atoms with Crippen LogP contribution in [0.2, 0.25) is 5.02 Å². The van der Waals surface area contributed by atoms with Crippen molar-refractivity contribution in [1.82, 2.24) is 14.7 Å². The third-order valence-corrected chi connectivity index (χ3v) is 4.45. The molecule has 0 N–H and O–H groups in total. The standard InChI is InChI=1S/C21H16ClN3O2/c1-14-3-2-4-15(11-14)12-25-13-17(7-10-19(25)26)21-23-20(24-27-21)16-5-8-18(22)9-6-16/h2-11,13H,12H2,1H3. The van der Waals surface area contributed by atoms with Gasteiger partial charge in [0, 0.05) is 22.8 Å². The fraction of sp³-hybridized carbons (Fsp3) is 0.0952. The molecule has 4 rings (SSSR count). The van der Waals surface area contributed by atoms with Crippen LogP contribution in [0, 0.1) is 6.92 Å².